The molecule has 1 amide bonds. The van der Waals surface area contributed by atoms with Gasteiger partial charge in [0.2, 0.25) is 0 Å². The Labute approximate surface area is 214 Å². The predicted octanol–water partition coefficient (Wildman–Crippen LogP) is 7.58. The van der Waals surface area contributed by atoms with Crippen molar-refractivity contribution in [2.45, 2.75) is 12.5 Å². The monoisotopic (exact) mass is 555 g/mol. The molecule has 1 unspecified atom stereocenters. The fraction of sp³-hybridized carbons (Fsp3) is 0.0800. The van der Waals surface area contributed by atoms with E-state index >= 15 is 0 Å². The Morgan fingerprint density at radius 3 is 2.24 bits per heavy atom. The Kier molecular flexibility index (Phi) is 6.43. The molecular formula is C25H16BrCl2N3OS. The summed E-state index contributed by atoms with van der Waals surface area (Å²) in [6.45, 7) is 0. The van der Waals surface area contributed by atoms with Crippen LogP contribution in [0, 0.1) is 0 Å². The molecular weight excluding hydrogens is 541 g/mol. The van der Waals surface area contributed by atoms with Gasteiger partial charge in [0.05, 0.1) is 16.7 Å². The highest BCUT2D eigenvalue weighted by Gasteiger charge is 2.36. The summed E-state index contributed by atoms with van der Waals surface area (Å²) in [5, 5.41) is 8.63. The first-order valence-electron chi connectivity index (χ1n) is 10.1. The van der Waals surface area contributed by atoms with Gasteiger partial charge in [-0.3, -0.25) is 4.79 Å². The van der Waals surface area contributed by atoms with Crippen molar-refractivity contribution >= 4 is 73.8 Å². The molecule has 164 valence electrons. The topological polar surface area (TPSA) is 45.0 Å². The third-order valence-corrected chi connectivity index (χ3v) is 7.32. The molecule has 33 heavy (non-hydrogen) atoms. The number of rotatable bonds is 3. The number of carbonyl (C=O) groups excluding carboxylic acids is 1. The van der Waals surface area contributed by atoms with Crippen molar-refractivity contribution in [2.24, 2.45) is 10.1 Å². The molecule has 1 atom stereocenters. The highest BCUT2D eigenvalue weighted by Crippen LogP contribution is 2.40. The van der Waals surface area contributed by atoms with Crippen LogP contribution in [-0.4, -0.2) is 21.8 Å². The third-order valence-electron chi connectivity index (χ3n) is 5.32. The lowest BCUT2D eigenvalue weighted by Crippen LogP contribution is -2.23. The highest BCUT2D eigenvalue weighted by atomic mass is 79.9. The molecule has 0 spiro atoms. The van der Waals surface area contributed by atoms with Crippen LogP contribution in [0.2, 0.25) is 10.0 Å². The minimum absolute atomic E-state index is 0.0881. The lowest BCUT2D eigenvalue weighted by molar-refractivity contribution is -0.113. The molecule has 2 heterocycles. The van der Waals surface area contributed by atoms with Gasteiger partial charge in [-0.25, -0.2) is 5.01 Å². The van der Waals surface area contributed by atoms with E-state index in [9.17, 15) is 4.79 Å². The highest BCUT2D eigenvalue weighted by molar-refractivity contribution is 9.10. The Morgan fingerprint density at radius 1 is 0.939 bits per heavy atom. The number of hydrogen-bond donors (Lipinski definition) is 0. The van der Waals surface area contributed by atoms with Crippen molar-refractivity contribution in [1.29, 1.82) is 0 Å². The molecule has 0 saturated carbocycles. The number of aliphatic imine (C=N–C) groups is 1. The quantitative estimate of drug-likeness (QED) is 0.312. The van der Waals surface area contributed by atoms with Gasteiger partial charge in [0.25, 0.3) is 5.91 Å². The Bertz CT molecular complexity index is 1300. The SMILES string of the molecule is O=C1N=C(N2N=C(c3ccc(Br)cc3)CC2c2ccc(Cl)cc2)S/C1=C/c1ccc(Cl)cc1. The zero-order valence-corrected chi connectivity index (χ0v) is 21.0. The molecule has 3 aromatic rings. The zero-order chi connectivity index (χ0) is 22.9. The second-order valence-corrected chi connectivity index (χ2v) is 10.3. The summed E-state index contributed by atoms with van der Waals surface area (Å²) >= 11 is 16.9. The Hall–Kier alpha value is -2.38. The number of amides is 1. The standard InChI is InChI=1S/C25H16BrCl2N3OS/c26-18-7-3-16(4-8-18)21-14-22(17-5-11-20(28)12-6-17)31(30-21)25-29-24(32)23(33-25)13-15-1-9-19(27)10-2-15/h1-13,22H,14H2/b23-13+. The smallest absolute Gasteiger partial charge is 0.266 e. The van der Waals surface area contributed by atoms with E-state index in [1.807, 2.05) is 71.7 Å². The van der Waals surface area contributed by atoms with Gasteiger partial charge in [0.15, 0.2) is 5.17 Å². The molecule has 5 rings (SSSR count). The molecule has 0 radical (unpaired) electrons. The number of amidine groups is 1. The number of thioether (sulfide) groups is 1. The molecule has 0 aliphatic carbocycles. The van der Waals surface area contributed by atoms with Crippen molar-refractivity contribution in [1.82, 2.24) is 5.01 Å². The lowest BCUT2D eigenvalue weighted by atomic mass is 9.99. The molecule has 2 aliphatic rings. The van der Waals surface area contributed by atoms with Gasteiger partial charge in [-0.2, -0.15) is 10.1 Å². The minimum Gasteiger partial charge on any atom is -0.266 e. The van der Waals surface area contributed by atoms with E-state index < -0.39 is 0 Å². The second-order valence-electron chi connectivity index (χ2n) is 7.53. The molecule has 0 saturated heterocycles. The van der Waals surface area contributed by atoms with Gasteiger partial charge in [0.1, 0.15) is 0 Å². The van der Waals surface area contributed by atoms with E-state index in [0.29, 0.717) is 26.5 Å². The van der Waals surface area contributed by atoms with E-state index in [-0.39, 0.29) is 11.9 Å². The maximum Gasteiger partial charge on any atom is 0.286 e. The van der Waals surface area contributed by atoms with E-state index in [1.54, 1.807) is 12.1 Å². The van der Waals surface area contributed by atoms with Crippen LogP contribution in [0.5, 0.6) is 0 Å². The van der Waals surface area contributed by atoms with Crippen LogP contribution < -0.4 is 0 Å². The molecule has 0 aromatic heterocycles. The maximum atomic E-state index is 12.7. The van der Waals surface area contributed by atoms with Gasteiger partial charge in [-0.05, 0) is 70.9 Å². The maximum absolute atomic E-state index is 12.7. The average molecular weight is 557 g/mol. The van der Waals surface area contributed by atoms with E-state index in [0.717, 1.165) is 26.9 Å². The van der Waals surface area contributed by atoms with Crippen LogP contribution in [0.25, 0.3) is 6.08 Å². The summed E-state index contributed by atoms with van der Waals surface area (Å²) < 4.78 is 1.01. The summed E-state index contributed by atoms with van der Waals surface area (Å²) in [6.07, 6.45) is 2.51. The summed E-state index contributed by atoms with van der Waals surface area (Å²) in [6, 6.07) is 23.0. The molecule has 3 aromatic carbocycles. The van der Waals surface area contributed by atoms with Crippen LogP contribution in [0.1, 0.15) is 29.2 Å². The largest absolute Gasteiger partial charge is 0.286 e. The molecule has 0 fully saturated rings. The van der Waals surface area contributed by atoms with Crippen LogP contribution in [-0.2, 0) is 4.79 Å². The van der Waals surface area contributed by atoms with Crippen molar-refractivity contribution in [3.63, 3.8) is 0 Å². The van der Waals surface area contributed by atoms with Gasteiger partial charge in [-0.1, -0.05) is 75.5 Å². The van der Waals surface area contributed by atoms with Gasteiger partial charge >= 0.3 is 0 Å². The van der Waals surface area contributed by atoms with Crippen LogP contribution >= 0.6 is 50.9 Å². The average Bonchev–Trinajstić information content (AvgIpc) is 3.40. The van der Waals surface area contributed by atoms with Crippen molar-refractivity contribution < 1.29 is 4.79 Å². The predicted molar refractivity (Wildman–Crippen MR) is 141 cm³/mol. The number of nitrogens with zero attached hydrogens (tertiary/aromatic N) is 3. The number of carbonyl (C=O) groups is 1. The van der Waals surface area contributed by atoms with Gasteiger partial charge in [0, 0.05) is 20.9 Å². The second kappa shape index (κ2) is 9.47. The normalized spacial score (nSPS) is 19.2. The number of hydrazone groups is 1. The number of hydrogen-bond acceptors (Lipinski definition) is 4. The fourth-order valence-electron chi connectivity index (χ4n) is 3.65. The first-order valence-corrected chi connectivity index (χ1v) is 12.5. The first kappa shape index (κ1) is 22.4. The third kappa shape index (κ3) is 4.94. The van der Waals surface area contributed by atoms with Crippen molar-refractivity contribution in [3.05, 3.63) is 109 Å². The van der Waals surface area contributed by atoms with Crippen molar-refractivity contribution in [2.75, 3.05) is 0 Å². The van der Waals surface area contributed by atoms with E-state index in [1.165, 1.54) is 11.8 Å². The van der Waals surface area contributed by atoms with Crippen molar-refractivity contribution in [3.8, 4) is 0 Å². The molecule has 0 bridgehead atoms. The number of halogens is 3. The zero-order valence-electron chi connectivity index (χ0n) is 17.1. The molecule has 8 heteroatoms. The lowest BCUT2D eigenvalue weighted by Gasteiger charge is -2.22. The summed E-state index contributed by atoms with van der Waals surface area (Å²) in [5.74, 6) is -0.271. The minimum atomic E-state index is -0.271. The van der Waals surface area contributed by atoms with Gasteiger partial charge in [-0.15, -0.1) is 0 Å². The molecule has 0 N–H and O–H groups in total. The first-order chi connectivity index (χ1) is 16.0. The number of benzene rings is 3. The Balaban J connectivity index is 1.47. The van der Waals surface area contributed by atoms with E-state index in [4.69, 9.17) is 28.3 Å². The fourth-order valence-corrected chi connectivity index (χ4v) is 5.09. The van der Waals surface area contributed by atoms with E-state index in [2.05, 4.69) is 20.9 Å². The van der Waals surface area contributed by atoms with Crippen LogP contribution in [0.15, 0.2) is 92.3 Å². The van der Waals surface area contributed by atoms with Gasteiger partial charge < -0.3 is 0 Å². The van der Waals surface area contributed by atoms with Crippen LogP contribution in [0.3, 0.4) is 0 Å². The molecule has 4 nitrogen and oxygen atoms in total. The Morgan fingerprint density at radius 2 is 1.58 bits per heavy atom. The summed E-state index contributed by atoms with van der Waals surface area (Å²) in [4.78, 5) is 17.6. The van der Waals surface area contributed by atoms with Crippen LogP contribution in [0.4, 0.5) is 0 Å². The molecule has 2 aliphatic heterocycles. The summed E-state index contributed by atoms with van der Waals surface area (Å²) in [7, 11) is 0. The summed E-state index contributed by atoms with van der Waals surface area (Å²) in [5.41, 5.74) is 3.92.